The van der Waals surface area contributed by atoms with Crippen molar-refractivity contribution >= 4 is 39.2 Å². The Hall–Kier alpha value is 0.307. The number of rotatable bonds is 2. The van der Waals surface area contributed by atoms with Gasteiger partial charge in [0.05, 0.1) is 0 Å². The fraction of sp³-hybridized carbons (Fsp3) is 0.250. The molecule has 0 amide bonds. The summed E-state index contributed by atoms with van der Waals surface area (Å²) in [5.41, 5.74) is 0.169. The quantitative estimate of drug-likeness (QED) is 0.543. The predicted molar refractivity (Wildman–Crippen MR) is 58.2 cm³/mol. The summed E-state index contributed by atoms with van der Waals surface area (Å²) in [6, 6.07) is 6.01. The van der Waals surface area contributed by atoms with Crippen LogP contribution in [0.1, 0.15) is 20.7 Å². The molecule has 0 heterocycles. The van der Waals surface area contributed by atoms with Crippen LogP contribution in [0.4, 0.5) is 0 Å². The Bertz CT molecular complexity index is 286. The third-order valence-corrected chi connectivity index (χ3v) is 4.67. The summed E-state index contributed by atoms with van der Waals surface area (Å²) in [4.78, 5) is 0. The molecule has 12 heavy (non-hydrogen) atoms. The number of halogens is 3. The maximum absolute atomic E-state index is 7.38. The zero-order chi connectivity index (χ0) is 10.8. The molecular formula is C8H9Cl3Si. The van der Waals surface area contributed by atoms with Crippen molar-refractivity contribution < 1.29 is 2.74 Å². The molecule has 1 aromatic carbocycles. The van der Waals surface area contributed by atoms with Gasteiger partial charge in [0.25, 0.3) is 0 Å². The van der Waals surface area contributed by atoms with Crippen LogP contribution in [-0.4, -0.2) is 6.00 Å². The van der Waals surface area contributed by atoms with E-state index >= 15 is 0 Å². The first kappa shape index (κ1) is 7.69. The van der Waals surface area contributed by atoms with Crippen LogP contribution in [-0.2, 0) is 0 Å². The van der Waals surface area contributed by atoms with Crippen molar-refractivity contribution in [3.8, 4) is 0 Å². The number of benzene rings is 1. The number of hydrogen-bond acceptors (Lipinski definition) is 0. The van der Waals surface area contributed by atoms with Gasteiger partial charge < -0.3 is 0 Å². The molecule has 0 radical (unpaired) electrons. The monoisotopic (exact) mass is 240 g/mol. The fourth-order valence-corrected chi connectivity index (χ4v) is 2.55. The molecule has 0 bridgehead atoms. The van der Waals surface area contributed by atoms with E-state index in [4.69, 9.17) is 36.0 Å². The molecule has 1 rings (SSSR count). The molecule has 0 spiro atoms. The molecule has 0 N–H and O–H groups in total. The first-order valence-corrected chi connectivity index (χ1v) is 8.50. The van der Waals surface area contributed by atoms with Gasteiger partial charge in [0, 0.05) is 8.28 Å². The third kappa shape index (κ3) is 2.66. The molecule has 0 saturated heterocycles. The lowest BCUT2D eigenvalue weighted by atomic mass is 10.2. The zero-order valence-electron chi connectivity index (χ0n) is 8.18. The van der Waals surface area contributed by atoms with Gasteiger partial charge in [0.1, 0.15) is 0 Å². The highest BCUT2D eigenvalue weighted by atomic mass is 35.8. The highest BCUT2D eigenvalue weighted by molar-refractivity contribution is 7.65. The molecule has 0 fully saturated rings. The minimum Gasteiger partial charge on any atom is -0.125 e. The first-order valence-electron chi connectivity index (χ1n) is 4.54. The van der Waals surface area contributed by atoms with Crippen LogP contribution in [0.5, 0.6) is 0 Å². The van der Waals surface area contributed by atoms with Crippen LogP contribution in [0.3, 0.4) is 0 Å². The normalized spacial score (nSPS) is 17.0. The second-order valence-electron chi connectivity index (χ2n) is 2.43. The summed E-state index contributed by atoms with van der Waals surface area (Å²) in [6.45, 7) is -1.14. The standard InChI is InChI=1S/C8H9Cl3Si/c1-7(12(9,10)11)8-5-3-2-4-6-8/h2-7H,1H3/t7-/m0/s1/i1D2. The summed E-state index contributed by atoms with van der Waals surface area (Å²) in [5, 5.41) is 0. The van der Waals surface area contributed by atoms with Gasteiger partial charge in [-0.25, -0.2) is 0 Å². The van der Waals surface area contributed by atoms with E-state index < -0.39 is 18.4 Å². The lowest BCUT2D eigenvalue weighted by Gasteiger charge is -2.17. The lowest BCUT2D eigenvalue weighted by Crippen LogP contribution is -2.20. The second-order valence-corrected chi connectivity index (χ2v) is 11.2. The molecular weight excluding hydrogens is 231 g/mol. The molecule has 66 valence electrons. The molecule has 1 aromatic rings. The van der Waals surface area contributed by atoms with Crippen molar-refractivity contribution in [2.75, 3.05) is 0 Å². The molecule has 4 heteroatoms. The van der Waals surface area contributed by atoms with Gasteiger partial charge in [-0.3, -0.25) is 0 Å². The van der Waals surface area contributed by atoms with Crippen molar-refractivity contribution in [3.05, 3.63) is 35.9 Å². The zero-order valence-corrected chi connectivity index (χ0v) is 9.44. The minimum atomic E-state index is -3.05. The van der Waals surface area contributed by atoms with Crippen LogP contribution in [0, 0.1) is 0 Å². The van der Waals surface area contributed by atoms with E-state index in [0.717, 1.165) is 5.56 Å². The third-order valence-electron chi connectivity index (χ3n) is 1.51. The Balaban J connectivity index is 3.02. The molecule has 1 atom stereocenters. The van der Waals surface area contributed by atoms with Crippen molar-refractivity contribution in [2.24, 2.45) is 0 Å². The highest BCUT2D eigenvalue weighted by Gasteiger charge is 2.34. The smallest absolute Gasteiger partial charge is 0.125 e. The predicted octanol–water partition coefficient (Wildman–Crippen LogP) is 3.98. The van der Waals surface area contributed by atoms with E-state index in [0.29, 0.717) is 0 Å². The lowest BCUT2D eigenvalue weighted by molar-refractivity contribution is 1.07. The van der Waals surface area contributed by atoms with Gasteiger partial charge in [0.2, 0.25) is 0 Å². The minimum absolute atomic E-state index is 0.589. The van der Waals surface area contributed by atoms with E-state index in [1.807, 2.05) is 18.2 Å². The van der Waals surface area contributed by atoms with Crippen LogP contribution in [0.25, 0.3) is 0 Å². The van der Waals surface area contributed by atoms with Crippen molar-refractivity contribution in [2.45, 2.75) is 12.4 Å². The summed E-state index contributed by atoms with van der Waals surface area (Å²) in [5.74, 6) is 0. The summed E-state index contributed by atoms with van der Waals surface area (Å²) >= 11 is 17.6. The maximum atomic E-state index is 7.38. The van der Waals surface area contributed by atoms with E-state index in [-0.39, 0.29) is 0 Å². The molecule has 0 aliphatic heterocycles. The molecule has 0 saturated carbocycles. The molecule has 0 unspecified atom stereocenters. The molecule has 0 nitrogen and oxygen atoms in total. The van der Waals surface area contributed by atoms with Crippen LogP contribution < -0.4 is 0 Å². The van der Waals surface area contributed by atoms with Gasteiger partial charge >= 0.3 is 6.00 Å². The largest absolute Gasteiger partial charge is 0.348 e. The molecule has 0 aromatic heterocycles. The SMILES string of the molecule is [2H]C([2H])[C@@H](c1ccccc1)[Si](Cl)(Cl)Cl. The second kappa shape index (κ2) is 4.01. The van der Waals surface area contributed by atoms with Gasteiger partial charge in [-0.15, -0.1) is 33.2 Å². The van der Waals surface area contributed by atoms with Crippen LogP contribution in [0.2, 0.25) is 0 Å². The van der Waals surface area contributed by atoms with Crippen molar-refractivity contribution in [3.63, 3.8) is 0 Å². The Labute approximate surface area is 90.4 Å². The first-order chi connectivity index (χ1) is 6.43. The van der Waals surface area contributed by atoms with Gasteiger partial charge in [-0.2, -0.15) is 0 Å². The Kier molecular flexibility index (Phi) is 2.57. The van der Waals surface area contributed by atoms with Crippen LogP contribution >= 0.6 is 33.2 Å². The Morgan fingerprint density at radius 2 is 1.83 bits per heavy atom. The van der Waals surface area contributed by atoms with Crippen molar-refractivity contribution in [1.82, 2.24) is 0 Å². The average molecular weight is 242 g/mol. The molecule has 0 aliphatic carbocycles. The number of hydrogen-bond donors (Lipinski definition) is 0. The summed E-state index contributed by atoms with van der Waals surface area (Å²) in [6.07, 6.45) is 0. The van der Waals surface area contributed by atoms with E-state index in [1.54, 1.807) is 12.1 Å². The van der Waals surface area contributed by atoms with Gasteiger partial charge in [0.15, 0.2) is 0 Å². The summed E-state index contributed by atoms with van der Waals surface area (Å²) < 4.78 is 14.8. The average Bonchev–Trinajstić information content (AvgIpc) is 2.02. The topological polar surface area (TPSA) is 0 Å². The Morgan fingerprint density at radius 3 is 2.25 bits per heavy atom. The Morgan fingerprint density at radius 1 is 1.25 bits per heavy atom. The van der Waals surface area contributed by atoms with Gasteiger partial charge in [-0.1, -0.05) is 37.2 Å². The maximum Gasteiger partial charge on any atom is 0.348 e. The molecule has 0 aliphatic rings. The van der Waals surface area contributed by atoms with E-state index in [1.165, 1.54) is 0 Å². The fourth-order valence-electron chi connectivity index (χ4n) is 0.849. The highest BCUT2D eigenvalue weighted by Crippen LogP contribution is 2.35. The summed E-state index contributed by atoms with van der Waals surface area (Å²) in [7, 11) is 0. The van der Waals surface area contributed by atoms with Gasteiger partial charge in [-0.05, 0) is 5.56 Å². The van der Waals surface area contributed by atoms with E-state index in [9.17, 15) is 0 Å². The van der Waals surface area contributed by atoms with Crippen LogP contribution in [0.15, 0.2) is 30.3 Å². The van der Waals surface area contributed by atoms with E-state index in [2.05, 4.69) is 0 Å². The van der Waals surface area contributed by atoms with Crippen molar-refractivity contribution in [1.29, 1.82) is 0 Å².